The quantitative estimate of drug-likeness (QED) is 0.691. The van der Waals surface area contributed by atoms with Crippen LogP contribution >= 0.6 is 23.2 Å². The number of sulfonamides is 1. The lowest BCUT2D eigenvalue weighted by molar-refractivity contribution is 0.581. The van der Waals surface area contributed by atoms with Gasteiger partial charge in [0.05, 0.1) is 11.6 Å². The van der Waals surface area contributed by atoms with Crippen molar-refractivity contribution in [3.63, 3.8) is 0 Å². The second-order valence-corrected chi connectivity index (χ2v) is 8.00. The summed E-state index contributed by atoms with van der Waals surface area (Å²) in [6.45, 7) is 0.824. The zero-order valence-corrected chi connectivity index (χ0v) is 15.4. The van der Waals surface area contributed by atoms with E-state index >= 15 is 0 Å². The van der Waals surface area contributed by atoms with E-state index in [1.165, 1.54) is 12.1 Å². The highest BCUT2D eigenvalue weighted by Gasteiger charge is 2.18. The molecule has 0 amide bonds. The first-order chi connectivity index (χ1) is 11.9. The normalized spacial score (nSPS) is 11.6. The standard InChI is InChI=1S/C17H15Cl2N3O2S/c18-15-6-7-16(19)17(10-15)25(23,24)21-11-13-2-4-14(5-3-13)12-22-9-1-8-20-22/h1-10,21H,11-12H2. The molecule has 1 aromatic heterocycles. The summed E-state index contributed by atoms with van der Waals surface area (Å²) < 4.78 is 29.1. The molecular weight excluding hydrogens is 381 g/mol. The third-order valence-electron chi connectivity index (χ3n) is 3.58. The summed E-state index contributed by atoms with van der Waals surface area (Å²) in [7, 11) is -3.74. The van der Waals surface area contributed by atoms with Gasteiger partial charge in [0, 0.05) is 24.0 Å². The van der Waals surface area contributed by atoms with Crippen LogP contribution in [0.3, 0.4) is 0 Å². The van der Waals surface area contributed by atoms with E-state index in [0.29, 0.717) is 11.6 Å². The van der Waals surface area contributed by atoms with Crippen molar-refractivity contribution in [2.75, 3.05) is 0 Å². The van der Waals surface area contributed by atoms with Crippen LogP contribution in [0.5, 0.6) is 0 Å². The Morgan fingerprint density at radius 3 is 2.44 bits per heavy atom. The van der Waals surface area contributed by atoms with Gasteiger partial charge in [-0.3, -0.25) is 4.68 Å². The molecule has 1 N–H and O–H groups in total. The Bertz CT molecular complexity index is 956. The third-order valence-corrected chi connectivity index (χ3v) is 5.69. The molecular formula is C17H15Cl2N3O2S. The van der Waals surface area contributed by atoms with Crippen LogP contribution in [0.25, 0.3) is 0 Å². The number of aromatic nitrogens is 2. The molecule has 0 saturated heterocycles. The number of hydrogen-bond acceptors (Lipinski definition) is 3. The van der Waals surface area contributed by atoms with Gasteiger partial charge in [0.15, 0.2) is 0 Å². The van der Waals surface area contributed by atoms with E-state index in [-0.39, 0.29) is 16.5 Å². The Morgan fingerprint density at radius 2 is 1.76 bits per heavy atom. The smallest absolute Gasteiger partial charge is 0.242 e. The van der Waals surface area contributed by atoms with E-state index in [2.05, 4.69) is 9.82 Å². The van der Waals surface area contributed by atoms with Crippen LogP contribution in [0.1, 0.15) is 11.1 Å². The van der Waals surface area contributed by atoms with Gasteiger partial charge in [-0.1, -0.05) is 47.5 Å². The molecule has 8 heteroatoms. The summed E-state index contributed by atoms with van der Waals surface area (Å²) in [6.07, 6.45) is 3.61. The SMILES string of the molecule is O=S(=O)(NCc1ccc(Cn2cccn2)cc1)c1cc(Cl)ccc1Cl. The number of hydrogen-bond donors (Lipinski definition) is 1. The maximum atomic E-state index is 12.4. The Morgan fingerprint density at radius 1 is 1.04 bits per heavy atom. The molecule has 0 spiro atoms. The molecule has 0 aliphatic heterocycles. The summed E-state index contributed by atoms with van der Waals surface area (Å²) >= 11 is 11.8. The van der Waals surface area contributed by atoms with Crippen LogP contribution in [-0.2, 0) is 23.1 Å². The van der Waals surface area contributed by atoms with Crippen molar-refractivity contribution in [1.29, 1.82) is 0 Å². The van der Waals surface area contributed by atoms with Gasteiger partial charge in [-0.05, 0) is 35.4 Å². The predicted molar refractivity (Wildman–Crippen MR) is 98.3 cm³/mol. The van der Waals surface area contributed by atoms with Crippen LogP contribution in [-0.4, -0.2) is 18.2 Å². The Balaban J connectivity index is 1.67. The van der Waals surface area contributed by atoms with Gasteiger partial charge in [0.2, 0.25) is 10.0 Å². The van der Waals surface area contributed by atoms with E-state index in [1.54, 1.807) is 12.3 Å². The highest BCUT2D eigenvalue weighted by Crippen LogP contribution is 2.25. The van der Waals surface area contributed by atoms with Gasteiger partial charge in [-0.15, -0.1) is 0 Å². The van der Waals surface area contributed by atoms with Crippen LogP contribution < -0.4 is 4.72 Å². The number of nitrogens with zero attached hydrogens (tertiary/aromatic N) is 2. The molecule has 25 heavy (non-hydrogen) atoms. The second-order valence-electron chi connectivity index (χ2n) is 5.42. The molecule has 0 unspecified atom stereocenters. The zero-order valence-electron chi connectivity index (χ0n) is 13.1. The van der Waals surface area contributed by atoms with Crippen molar-refractivity contribution in [3.8, 4) is 0 Å². The molecule has 2 aromatic carbocycles. The van der Waals surface area contributed by atoms with E-state index in [0.717, 1.165) is 11.1 Å². The lowest BCUT2D eigenvalue weighted by Crippen LogP contribution is -2.23. The first-order valence-electron chi connectivity index (χ1n) is 7.44. The van der Waals surface area contributed by atoms with Crippen molar-refractivity contribution in [2.45, 2.75) is 18.0 Å². The van der Waals surface area contributed by atoms with Crippen molar-refractivity contribution in [2.24, 2.45) is 0 Å². The molecule has 5 nitrogen and oxygen atoms in total. The van der Waals surface area contributed by atoms with Gasteiger partial charge in [-0.2, -0.15) is 5.10 Å². The molecule has 0 bridgehead atoms. The predicted octanol–water partition coefficient (Wildman–Crippen LogP) is 3.72. The van der Waals surface area contributed by atoms with E-state index in [4.69, 9.17) is 23.2 Å². The number of nitrogens with one attached hydrogen (secondary N) is 1. The summed E-state index contributed by atoms with van der Waals surface area (Å²) in [5, 5.41) is 4.60. The maximum Gasteiger partial charge on any atom is 0.242 e. The highest BCUT2D eigenvalue weighted by atomic mass is 35.5. The van der Waals surface area contributed by atoms with Gasteiger partial charge >= 0.3 is 0 Å². The Labute approximate surface area is 156 Å². The summed E-state index contributed by atoms with van der Waals surface area (Å²) in [5.74, 6) is 0. The molecule has 3 rings (SSSR count). The lowest BCUT2D eigenvalue weighted by Gasteiger charge is -2.09. The van der Waals surface area contributed by atoms with Gasteiger partial charge in [0.25, 0.3) is 0 Å². The van der Waals surface area contributed by atoms with Crippen molar-refractivity contribution >= 4 is 33.2 Å². The fourth-order valence-electron chi connectivity index (χ4n) is 2.28. The minimum absolute atomic E-state index is 0.0306. The van der Waals surface area contributed by atoms with Gasteiger partial charge in [0.1, 0.15) is 4.90 Å². The van der Waals surface area contributed by atoms with Crippen molar-refractivity contribution < 1.29 is 8.42 Å². The molecule has 0 aliphatic rings. The van der Waals surface area contributed by atoms with E-state index in [1.807, 2.05) is 41.2 Å². The van der Waals surface area contributed by atoms with E-state index < -0.39 is 10.0 Å². The molecule has 130 valence electrons. The summed E-state index contributed by atoms with van der Waals surface area (Å²) in [4.78, 5) is -0.0306. The fourth-order valence-corrected chi connectivity index (χ4v) is 4.06. The third kappa shape index (κ3) is 4.61. The Kier molecular flexibility index (Phi) is 5.44. The summed E-state index contributed by atoms with van der Waals surface area (Å²) in [6, 6.07) is 13.8. The molecule has 0 atom stereocenters. The van der Waals surface area contributed by atoms with Gasteiger partial charge < -0.3 is 0 Å². The van der Waals surface area contributed by atoms with Gasteiger partial charge in [-0.25, -0.2) is 13.1 Å². The number of rotatable bonds is 6. The largest absolute Gasteiger partial charge is 0.268 e. The lowest BCUT2D eigenvalue weighted by atomic mass is 10.1. The molecule has 0 fully saturated rings. The number of benzene rings is 2. The van der Waals surface area contributed by atoms with Crippen molar-refractivity contribution in [3.05, 3.63) is 82.1 Å². The molecule has 0 saturated carbocycles. The van der Waals surface area contributed by atoms with Crippen LogP contribution in [0.2, 0.25) is 10.0 Å². The summed E-state index contributed by atoms with van der Waals surface area (Å²) in [5.41, 5.74) is 1.92. The van der Waals surface area contributed by atoms with Crippen LogP contribution in [0.15, 0.2) is 65.8 Å². The monoisotopic (exact) mass is 395 g/mol. The Hall–Kier alpha value is -1.86. The molecule has 0 aliphatic carbocycles. The highest BCUT2D eigenvalue weighted by molar-refractivity contribution is 7.89. The maximum absolute atomic E-state index is 12.4. The van der Waals surface area contributed by atoms with E-state index in [9.17, 15) is 8.42 Å². The average Bonchev–Trinajstić information content (AvgIpc) is 3.09. The van der Waals surface area contributed by atoms with Crippen molar-refractivity contribution in [1.82, 2.24) is 14.5 Å². The first-order valence-corrected chi connectivity index (χ1v) is 9.68. The van der Waals surface area contributed by atoms with Crippen LogP contribution in [0, 0.1) is 0 Å². The molecule has 0 radical (unpaired) electrons. The molecule has 1 heterocycles. The fraction of sp³-hybridized carbons (Fsp3) is 0.118. The molecule has 3 aromatic rings. The minimum Gasteiger partial charge on any atom is -0.268 e. The minimum atomic E-state index is -3.74. The first kappa shape index (κ1) is 17.9. The average molecular weight is 396 g/mol. The second kappa shape index (κ2) is 7.58. The van der Waals surface area contributed by atoms with Crippen LogP contribution in [0.4, 0.5) is 0 Å². The zero-order chi connectivity index (χ0) is 17.9. The topological polar surface area (TPSA) is 64.0 Å². The number of halogens is 2.